The maximum absolute atomic E-state index is 2.54. The van der Waals surface area contributed by atoms with Crippen LogP contribution in [0, 0.1) is 13.8 Å². The summed E-state index contributed by atoms with van der Waals surface area (Å²) in [7, 11) is 0.784. The average Bonchev–Trinajstić information content (AvgIpc) is 3.13. The Morgan fingerprint density at radius 1 is 0.735 bits per heavy atom. The molecule has 0 bridgehead atoms. The van der Waals surface area contributed by atoms with Gasteiger partial charge in [0, 0.05) is 22.2 Å². The minimum absolute atomic E-state index is 1.29. The lowest BCUT2D eigenvalue weighted by Gasteiger charge is -2.19. The van der Waals surface area contributed by atoms with Crippen molar-refractivity contribution in [2.24, 2.45) is 7.05 Å². The normalized spacial score (nSPS) is 13.0. The third-order valence-corrected chi connectivity index (χ3v) is 10.1. The van der Waals surface area contributed by atoms with Crippen LogP contribution in [0.1, 0.15) is 11.1 Å². The van der Waals surface area contributed by atoms with E-state index in [1.54, 1.807) is 0 Å². The molecule has 0 atom stereocenters. The van der Waals surface area contributed by atoms with E-state index in [2.05, 4.69) is 116 Å². The van der Waals surface area contributed by atoms with E-state index < -0.39 is 8.07 Å². The lowest BCUT2D eigenvalue weighted by atomic mass is 9.94. The summed E-state index contributed by atoms with van der Waals surface area (Å²) in [5, 5.41) is 11.0. The monoisotopic (exact) mass is 457 g/mol. The lowest BCUT2D eigenvalue weighted by molar-refractivity contribution is -0.643. The molecule has 0 saturated heterocycles. The van der Waals surface area contributed by atoms with Gasteiger partial charge in [0.1, 0.15) is 7.05 Å². The largest absolute Gasteiger partial charge is 0.307 e. The summed E-state index contributed by atoms with van der Waals surface area (Å²) >= 11 is 0. The number of aromatic nitrogens is 2. The van der Waals surface area contributed by atoms with Crippen molar-refractivity contribution < 1.29 is 4.57 Å². The number of pyridine rings is 2. The molecule has 2 nitrogen and oxygen atoms in total. The predicted octanol–water partition coefficient (Wildman–Crippen LogP) is 7.13. The first-order chi connectivity index (χ1) is 16.3. The highest BCUT2D eigenvalue weighted by atomic mass is 28.3. The molecule has 4 aromatic carbocycles. The van der Waals surface area contributed by atoms with Gasteiger partial charge in [-0.3, -0.25) is 0 Å². The molecular weight excluding hydrogens is 428 g/mol. The van der Waals surface area contributed by atoms with Crippen molar-refractivity contribution in [1.82, 2.24) is 4.40 Å². The minimum atomic E-state index is -1.41. The van der Waals surface area contributed by atoms with Crippen LogP contribution in [-0.4, -0.2) is 12.5 Å². The fraction of sp³-hybridized carbons (Fsp3) is 0.194. The first kappa shape index (κ1) is 20.0. The smallest absolute Gasteiger partial charge is 0.224 e. The molecule has 0 aliphatic carbocycles. The summed E-state index contributed by atoms with van der Waals surface area (Å²) in [6.45, 7) is 11.8. The maximum atomic E-state index is 2.54. The van der Waals surface area contributed by atoms with Crippen LogP contribution in [0.25, 0.3) is 59.8 Å². The molecule has 0 aliphatic rings. The number of aryl methyl sites for hydroxylation is 3. The van der Waals surface area contributed by atoms with Gasteiger partial charge >= 0.3 is 0 Å². The second-order valence-electron chi connectivity index (χ2n) is 11.1. The van der Waals surface area contributed by atoms with E-state index >= 15 is 0 Å². The van der Waals surface area contributed by atoms with Gasteiger partial charge in [-0.05, 0) is 53.9 Å². The third-order valence-electron chi connectivity index (χ3n) is 8.04. The van der Waals surface area contributed by atoms with Crippen molar-refractivity contribution in [3.63, 3.8) is 0 Å². The molecule has 7 aromatic rings. The number of hydrogen-bond acceptors (Lipinski definition) is 0. The van der Waals surface area contributed by atoms with E-state index in [4.69, 9.17) is 0 Å². The van der Waals surface area contributed by atoms with E-state index in [-0.39, 0.29) is 0 Å². The lowest BCUT2D eigenvalue weighted by Crippen LogP contribution is -2.37. The molecule has 166 valence electrons. The second kappa shape index (κ2) is 6.37. The Hall–Kier alpha value is -3.43. The number of nitrogens with zero attached hydrogens (tertiary/aromatic N) is 2. The Labute approximate surface area is 200 Å². The molecule has 0 amide bonds. The quantitative estimate of drug-likeness (QED) is 0.107. The highest BCUT2D eigenvalue weighted by molar-refractivity contribution is 6.88. The zero-order valence-electron chi connectivity index (χ0n) is 20.7. The molecule has 3 aromatic heterocycles. The predicted molar refractivity (Wildman–Crippen MR) is 150 cm³/mol. The van der Waals surface area contributed by atoms with Crippen LogP contribution in [0.4, 0.5) is 0 Å². The molecule has 0 fully saturated rings. The number of rotatable bonds is 1. The van der Waals surface area contributed by atoms with Crippen LogP contribution in [0.5, 0.6) is 0 Å². The minimum Gasteiger partial charge on any atom is -0.307 e. The van der Waals surface area contributed by atoms with Crippen molar-refractivity contribution in [1.29, 1.82) is 0 Å². The van der Waals surface area contributed by atoms with Gasteiger partial charge < -0.3 is 4.40 Å². The van der Waals surface area contributed by atoms with Crippen molar-refractivity contribution in [3.05, 3.63) is 78.0 Å². The fourth-order valence-electron chi connectivity index (χ4n) is 6.12. The maximum Gasteiger partial charge on any atom is 0.224 e. The van der Waals surface area contributed by atoms with Gasteiger partial charge in [-0.25, -0.2) is 4.57 Å². The van der Waals surface area contributed by atoms with E-state index in [9.17, 15) is 0 Å². The van der Waals surface area contributed by atoms with Crippen molar-refractivity contribution in [3.8, 4) is 0 Å². The standard InChI is InChI=1S/C31H29N2Si/c1-18-15-25-23-9-7-8-10-26(23)33-27-17-20-16-21(34(4,5)6)11-12-22(20)24-13-14-32(3)31(29(24)27)28(19(18)2)30(25)33/h7-17H,1-6H3/q+1. The summed E-state index contributed by atoms with van der Waals surface area (Å²) in [5.74, 6) is 0. The van der Waals surface area contributed by atoms with Crippen LogP contribution < -0.4 is 9.75 Å². The van der Waals surface area contributed by atoms with Gasteiger partial charge in [-0.1, -0.05) is 61.2 Å². The van der Waals surface area contributed by atoms with Crippen LogP contribution in [-0.2, 0) is 7.05 Å². The van der Waals surface area contributed by atoms with Crippen LogP contribution >= 0.6 is 0 Å². The molecule has 0 aliphatic heterocycles. The van der Waals surface area contributed by atoms with Crippen LogP contribution in [0.15, 0.2) is 66.9 Å². The zero-order valence-corrected chi connectivity index (χ0v) is 21.7. The second-order valence-corrected chi connectivity index (χ2v) is 16.2. The Morgan fingerprint density at radius 2 is 1.53 bits per heavy atom. The average molecular weight is 458 g/mol. The van der Waals surface area contributed by atoms with Crippen molar-refractivity contribution >= 4 is 73.0 Å². The summed E-state index contributed by atoms with van der Waals surface area (Å²) in [4.78, 5) is 0. The topological polar surface area (TPSA) is 8.29 Å². The Morgan fingerprint density at radius 3 is 2.32 bits per heavy atom. The summed E-state index contributed by atoms with van der Waals surface area (Å²) in [6, 6.07) is 23.3. The molecule has 0 spiro atoms. The number of para-hydroxylation sites is 1. The van der Waals surface area contributed by atoms with E-state index in [1.165, 1.54) is 76.1 Å². The zero-order chi connectivity index (χ0) is 23.5. The summed E-state index contributed by atoms with van der Waals surface area (Å²) in [6.07, 6.45) is 2.25. The van der Waals surface area contributed by atoms with Crippen LogP contribution in [0.3, 0.4) is 0 Å². The number of hydrogen-bond donors (Lipinski definition) is 0. The molecular formula is C31H29N2Si+. The van der Waals surface area contributed by atoms with Gasteiger partial charge in [-0.2, -0.15) is 0 Å². The number of fused-ring (bicyclic) bond motifs is 7. The van der Waals surface area contributed by atoms with Gasteiger partial charge in [-0.15, -0.1) is 0 Å². The van der Waals surface area contributed by atoms with E-state index in [0.717, 1.165) is 0 Å². The first-order valence-corrected chi connectivity index (χ1v) is 15.7. The molecule has 34 heavy (non-hydrogen) atoms. The number of benzene rings is 4. The Kier molecular flexibility index (Phi) is 3.74. The van der Waals surface area contributed by atoms with Gasteiger partial charge in [0.25, 0.3) is 0 Å². The van der Waals surface area contributed by atoms with Crippen molar-refractivity contribution in [2.75, 3.05) is 0 Å². The summed E-state index contributed by atoms with van der Waals surface area (Å²) in [5.41, 5.74) is 8.02. The van der Waals surface area contributed by atoms with E-state index in [0.29, 0.717) is 0 Å². The molecule has 0 saturated carbocycles. The van der Waals surface area contributed by atoms with Crippen LogP contribution in [0.2, 0.25) is 19.6 Å². The molecule has 0 radical (unpaired) electrons. The fourth-order valence-corrected chi connectivity index (χ4v) is 7.29. The highest BCUT2D eigenvalue weighted by Gasteiger charge is 2.26. The molecule has 7 rings (SSSR count). The highest BCUT2D eigenvalue weighted by Crippen LogP contribution is 2.43. The van der Waals surface area contributed by atoms with Gasteiger partial charge in [0.15, 0.2) is 6.20 Å². The molecule has 3 heterocycles. The summed E-state index contributed by atoms with van der Waals surface area (Å²) < 4.78 is 4.87. The van der Waals surface area contributed by atoms with Crippen molar-refractivity contribution in [2.45, 2.75) is 33.5 Å². The first-order valence-electron chi connectivity index (χ1n) is 12.2. The molecule has 0 unspecified atom stereocenters. The SMILES string of the molecule is Cc1cc2c3ccccc3n3c4cc5cc([Si](C)(C)C)ccc5c5cc[n+](C)c(c(c1C)c23)c54. The molecule has 0 N–H and O–H groups in total. The Bertz CT molecular complexity index is 1970. The molecule has 3 heteroatoms. The Balaban J connectivity index is 1.88. The van der Waals surface area contributed by atoms with Gasteiger partial charge in [0.05, 0.1) is 35.4 Å². The third kappa shape index (κ3) is 2.38. The van der Waals surface area contributed by atoms with Gasteiger partial charge in [0.2, 0.25) is 5.52 Å². The van der Waals surface area contributed by atoms with E-state index in [1.807, 2.05) is 0 Å².